The first-order valence-corrected chi connectivity index (χ1v) is 9.95. The zero-order chi connectivity index (χ0) is 22.0. The Hall–Kier alpha value is -3.59. The van der Waals surface area contributed by atoms with Gasteiger partial charge in [0.2, 0.25) is 0 Å². The number of fused-ring (bicyclic) bond motifs is 1. The van der Waals surface area contributed by atoms with Crippen molar-refractivity contribution in [2.75, 3.05) is 6.61 Å². The predicted octanol–water partition coefficient (Wildman–Crippen LogP) is 3.63. The van der Waals surface area contributed by atoms with E-state index in [4.69, 9.17) is 21.1 Å². The first-order chi connectivity index (χ1) is 15.0. The monoisotopic (exact) mass is 438 g/mol. The molecule has 0 spiro atoms. The van der Waals surface area contributed by atoms with Crippen LogP contribution in [0, 0.1) is 13.8 Å². The van der Waals surface area contributed by atoms with Gasteiger partial charge in [-0.1, -0.05) is 16.8 Å². The largest absolute Gasteiger partial charge is 0.462 e. The molecule has 4 rings (SSSR count). The van der Waals surface area contributed by atoms with Gasteiger partial charge in [-0.05, 0) is 45.0 Å². The molecule has 9 nitrogen and oxygen atoms in total. The summed E-state index contributed by atoms with van der Waals surface area (Å²) in [6.45, 7) is 5.58. The summed E-state index contributed by atoms with van der Waals surface area (Å²) in [5.41, 5.74) is 3.51. The third kappa shape index (κ3) is 4.31. The third-order valence-electron chi connectivity index (χ3n) is 4.55. The molecule has 0 aliphatic rings. The van der Waals surface area contributed by atoms with Gasteiger partial charge < -0.3 is 9.47 Å². The van der Waals surface area contributed by atoms with Crippen molar-refractivity contribution in [2.24, 2.45) is 0 Å². The molecule has 0 saturated carbocycles. The molecule has 3 aromatic heterocycles. The van der Waals surface area contributed by atoms with Crippen LogP contribution < -0.4 is 4.74 Å². The maximum Gasteiger partial charge on any atom is 0.341 e. The number of nitrogens with zero attached hydrogens (tertiary/aromatic N) is 6. The lowest BCUT2D eigenvalue weighted by atomic mass is 10.2. The fraction of sp³-hybridized carbons (Fsp3) is 0.238. The van der Waals surface area contributed by atoms with Gasteiger partial charge in [0.25, 0.3) is 0 Å². The molecular formula is C21H19ClN6O3. The van der Waals surface area contributed by atoms with E-state index in [0.29, 0.717) is 27.7 Å². The second-order valence-electron chi connectivity index (χ2n) is 6.71. The number of esters is 1. The Kier molecular flexibility index (Phi) is 5.77. The lowest BCUT2D eigenvalue weighted by Crippen LogP contribution is -2.13. The minimum absolute atomic E-state index is 0.118. The van der Waals surface area contributed by atoms with Gasteiger partial charge in [-0.15, -0.1) is 5.10 Å². The van der Waals surface area contributed by atoms with E-state index in [9.17, 15) is 4.79 Å². The average Bonchev–Trinajstić information content (AvgIpc) is 3.20. The van der Waals surface area contributed by atoms with Crippen LogP contribution in [0.25, 0.3) is 16.6 Å². The van der Waals surface area contributed by atoms with E-state index in [1.54, 1.807) is 50.0 Å². The van der Waals surface area contributed by atoms with Gasteiger partial charge in [-0.25, -0.2) is 9.48 Å². The van der Waals surface area contributed by atoms with Gasteiger partial charge >= 0.3 is 12.0 Å². The van der Waals surface area contributed by atoms with Crippen molar-refractivity contribution in [1.29, 1.82) is 0 Å². The van der Waals surface area contributed by atoms with Crippen LogP contribution in [0.4, 0.5) is 0 Å². The average molecular weight is 439 g/mol. The van der Waals surface area contributed by atoms with Crippen LogP contribution in [0.2, 0.25) is 5.02 Å². The second kappa shape index (κ2) is 8.65. The maximum absolute atomic E-state index is 12.1. The summed E-state index contributed by atoms with van der Waals surface area (Å²) in [4.78, 5) is 24.9. The number of carbonyl (C=O) groups is 1. The molecule has 0 N–H and O–H groups in total. The topological polar surface area (TPSA) is 105 Å². The lowest BCUT2D eigenvalue weighted by Gasteiger charge is -2.10. The number of hydrogen-bond donors (Lipinski definition) is 0. The number of benzene rings is 1. The zero-order valence-corrected chi connectivity index (χ0v) is 17.9. The molecule has 0 amide bonds. The van der Waals surface area contributed by atoms with E-state index in [1.807, 2.05) is 12.1 Å². The second-order valence-corrected chi connectivity index (χ2v) is 7.14. The molecule has 0 unspecified atom stereocenters. The molecule has 158 valence electrons. The van der Waals surface area contributed by atoms with Gasteiger partial charge in [-0.2, -0.15) is 9.97 Å². The van der Waals surface area contributed by atoms with Crippen molar-refractivity contribution in [1.82, 2.24) is 29.9 Å². The first-order valence-electron chi connectivity index (χ1n) is 9.57. The van der Waals surface area contributed by atoms with Crippen molar-refractivity contribution in [3.8, 4) is 11.7 Å². The fourth-order valence-corrected chi connectivity index (χ4v) is 3.34. The molecule has 1 aromatic carbocycles. The number of carbonyl (C=O) groups excluding carboxylic acids is 1. The minimum atomic E-state index is -0.446. The van der Waals surface area contributed by atoms with Crippen LogP contribution in [-0.4, -0.2) is 42.5 Å². The van der Waals surface area contributed by atoms with Crippen LogP contribution in [0.1, 0.15) is 34.4 Å². The summed E-state index contributed by atoms with van der Waals surface area (Å²) in [6.07, 6.45) is 3.45. The molecule has 0 radical (unpaired) electrons. The van der Waals surface area contributed by atoms with Crippen molar-refractivity contribution >= 4 is 28.5 Å². The number of ether oxygens (including phenoxy) is 2. The molecule has 10 heteroatoms. The lowest BCUT2D eigenvalue weighted by molar-refractivity contribution is 0.0523. The molecule has 0 saturated heterocycles. The molecule has 0 aliphatic carbocycles. The molecule has 31 heavy (non-hydrogen) atoms. The first kappa shape index (κ1) is 20.7. The summed E-state index contributed by atoms with van der Waals surface area (Å²) < 4.78 is 12.4. The Morgan fingerprint density at radius 2 is 1.94 bits per heavy atom. The van der Waals surface area contributed by atoms with Crippen LogP contribution in [-0.2, 0) is 11.3 Å². The molecule has 0 fully saturated rings. The van der Waals surface area contributed by atoms with E-state index >= 15 is 0 Å². The van der Waals surface area contributed by atoms with Crippen LogP contribution >= 0.6 is 11.6 Å². The predicted molar refractivity (Wildman–Crippen MR) is 113 cm³/mol. The summed E-state index contributed by atoms with van der Waals surface area (Å²) in [5, 5.41) is 9.86. The van der Waals surface area contributed by atoms with E-state index in [2.05, 4.69) is 25.3 Å². The Balaban J connectivity index is 1.53. The number of aromatic nitrogens is 6. The molecule has 0 aliphatic heterocycles. The van der Waals surface area contributed by atoms with Crippen molar-refractivity contribution in [2.45, 2.75) is 27.4 Å². The van der Waals surface area contributed by atoms with Gasteiger partial charge in [0.1, 0.15) is 17.9 Å². The highest BCUT2D eigenvalue weighted by atomic mass is 35.5. The number of pyridine rings is 1. The Morgan fingerprint density at radius 1 is 1.16 bits per heavy atom. The van der Waals surface area contributed by atoms with E-state index in [1.165, 1.54) is 0 Å². The number of rotatable bonds is 6. The van der Waals surface area contributed by atoms with Gasteiger partial charge in [0.05, 0.1) is 35.4 Å². The molecular weight excluding hydrogens is 420 g/mol. The molecule has 3 heterocycles. The fourth-order valence-electron chi connectivity index (χ4n) is 3.18. The van der Waals surface area contributed by atoms with E-state index in [0.717, 1.165) is 16.6 Å². The summed E-state index contributed by atoms with van der Waals surface area (Å²) in [7, 11) is 0. The van der Waals surface area contributed by atoms with Gasteiger partial charge in [0.15, 0.2) is 0 Å². The Labute approximate surface area is 183 Å². The Bertz CT molecular complexity index is 1250. The number of aryl methyl sites for hydroxylation is 2. The quantitative estimate of drug-likeness (QED) is 0.420. The summed E-state index contributed by atoms with van der Waals surface area (Å²) >= 11 is 6.06. The van der Waals surface area contributed by atoms with Crippen LogP contribution in [0.15, 0.2) is 36.7 Å². The Morgan fingerprint density at radius 3 is 2.68 bits per heavy atom. The highest BCUT2D eigenvalue weighted by Crippen LogP contribution is 2.23. The van der Waals surface area contributed by atoms with Gasteiger partial charge in [0, 0.05) is 16.6 Å². The molecule has 4 aromatic rings. The van der Waals surface area contributed by atoms with Crippen LogP contribution in [0.5, 0.6) is 6.01 Å². The third-order valence-corrected chi connectivity index (χ3v) is 4.78. The smallest absolute Gasteiger partial charge is 0.341 e. The maximum atomic E-state index is 12.1. The SMILES string of the molecule is CCOC(=O)c1c(C)nc(OCc2cn(-c3ccnc4cc(Cl)ccc34)nn2)nc1C. The normalized spacial score (nSPS) is 11.0. The molecule has 0 atom stereocenters. The van der Waals surface area contributed by atoms with E-state index in [-0.39, 0.29) is 19.2 Å². The minimum Gasteiger partial charge on any atom is -0.462 e. The zero-order valence-electron chi connectivity index (χ0n) is 17.2. The van der Waals surface area contributed by atoms with Crippen molar-refractivity contribution < 1.29 is 14.3 Å². The van der Waals surface area contributed by atoms with E-state index < -0.39 is 5.97 Å². The van der Waals surface area contributed by atoms with Gasteiger partial charge in [-0.3, -0.25) is 4.98 Å². The standard InChI is InChI=1S/C21H19ClN6O3/c1-4-30-20(29)19-12(2)24-21(25-13(19)3)31-11-15-10-28(27-26-15)18-7-8-23-17-9-14(22)5-6-16(17)18/h5-10H,4,11H2,1-3H3. The summed E-state index contributed by atoms with van der Waals surface area (Å²) in [6, 6.07) is 7.49. The van der Waals surface area contributed by atoms with Crippen LogP contribution in [0.3, 0.4) is 0 Å². The number of halogens is 1. The summed E-state index contributed by atoms with van der Waals surface area (Å²) in [5.74, 6) is -0.446. The van der Waals surface area contributed by atoms with Crippen molar-refractivity contribution in [3.05, 3.63) is 64.3 Å². The van der Waals surface area contributed by atoms with Crippen molar-refractivity contribution in [3.63, 3.8) is 0 Å². The molecule has 0 bridgehead atoms. The number of hydrogen-bond acceptors (Lipinski definition) is 8. The highest BCUT2D eigenvalue weighted by Gasteiger charge is 2.18. The highest BCUT2D eigenvalue weighted by molar-refractivity contribution is 6.31.